The fourth-order valence-corrected chi connectivity index (χ4v) is 7.03. The average Bonchev–Trinajstić information content (AvgIpc) is 2.37. The molecular weight excluding hydrogens is 304 g/mol. The van der Waals surface area contributed by atoms with E-state index in [1.165, 1.54) is 30.1 Å². The third-order valence-corrected chi connectivity index (χ3v) is 8.55. The van der Waals surface area contributed by atoms with Gasteiger partial charge in [0, 0.05) is 11.1 Å². The van der Waals surface area contributed by atoms with Crippen LogP contribution in [-0.4, -0.2) is 14.9 Å². The summed E-state index contributed by atoms with van der Waals surface area (Å²) in [5, 5.41) is 1.46. The third-order valence-electron chi connectivity index (χ3n) is 3.26. The highest BCUT2D eigenvalue weighted by Crippen LogP contribution is 2.22. The Bertz CT molecular complexity index is 331. The molecule has 0 spiro atoms. The van der Waals surface area contributed by atoms with Crippen LogP contribution in [0.4, 0.5) is 0 Å². The minimum Gasteiger partial charge on any atom is -0.412 e. The number of hydrogen-bond donors (Lipinski definition) is 0. The predicted octanol–water partition coefficient (Wildman–Crippen LogP) is 4.85. The van der Waals surface area contributed by atoms with Crippen LogP contribution in [0.1, 0.15) is 40.0 Å². The van der Waals surface area contributed by atoms with E-state index in [9.17, 15) is 0 Å². The Kier molecular flexibility index (Phi) is 7.20. The van der Waals surface area contributed by atoms with Gasteiger partial charge in [-0.05, 0) is 35.8 Å². The van der Waals surface area contributed by atoms with Gasteiger partial charge in [-0.25, -0.2) is 0 Å². The average molecular weight is 329 g/mol. The van der Waals surface area contributed by atoms with E-state index in [-0.39, 0.29) is 0 Å². The van der Waals surface area contributed by atoms with Crippen LogP contribution in [0.5, 0.6) is 0 Å². The zero-order valence-corrected chi connectivity index (χ0v) is 14.4. The lowest BCUT2D eigenvalue weighted by molar-refractivity contribution is 0.305. The fourth-order valence-electron chi connectivity index (χ4n) is 2.50. The van der Waals surface area contributed by atoms with Gasteiger partial charge in [-0.1, -0.05) is 61.7 Å². The van der Waals surface area contributed by atoms with E-state index in [0.717, 1.165) is 17.5 Å². The van der Waals surface area contributed by atoms with Crippen molar-refractivity contribution in [1.29, 1.82) is 0 Å². The van der Waals surface area contributed by atoms with E-state index < -0.39 is 8.32 Å². The molecule has 0 aliphatic carbocycles. The van der Waals surface area contributed by atoms with Crippen LogP contribution in [-0.2, 0) is 4.43 Å². The zero-order valence-electron chi connectivity index (χ0n) is 11.8. The molecule has 0 heterocycles. The smallest absolute Gasteiger partial charge is 0.224 e. The Morgan fingerprint density at radius 2 is 1.50 bits per heavy atom. The van der Waals surface area contributed by atoms with Gasteiger partial charge in [0.25, 0.3) is 0 Å². The number of hydrogen-bond acceptors (Lipinski definition) is 1. The fraction of sp³-hybridized carbons (Fsp3) is 0.600. The third kappa shape index (κ3) is 4.21. The molecule has 0 fully saturated rings. The van der Waals surface area contributed by atoms with Gasteiger partial charge in [-0.3, -0.25) is 0 Å². The van der Waals surface area contributed by atoms with Crippen LogP contribution >= 0.6 is 15.9 Å². The van der Waals surface area contributed by atoms with Gasteiger partial charge in [0.1, 0.15) is 0 Å². The summed E-state index contributed by atoms with van der Waals surface area (Å²) in [4.78, 5) is 0. The molecule has 0 aromatic heterocycles. The second-order valence-electron chi connectivity index (χ2n) is 4.85. The SMILES string of the molecule is CCCO[Si](CCC)(CCC)c1ccc(Br)cc1. The normalized spacial score (nSPS) is 11.8. The highest BCUT2D eigenvalue weighted by molar-refractivity contribution is 9.10. The molecule has 0 saturated heterocycles. The number of halogens is 1. The van der Waals surface area contributed by atoms with Crippen molar-refractivity contribution in [3.05, 3.63) is 28.7 Å². The van der Waals surface area contributed by atoms with E-state index in [1.807, 2.05) is 0 Å². The predicted molar refractivity (Wildman–Crippen MR) is 86.0 cm³/mol. The largest absolute Gasteiger partial charge is 0.412 e. The standard InChI is InChI=1S/C15H25BrOSi/c1-4-11-17-18(12-5-2,13-6-3)15-9-7-14(16)8-10-15/h7-10H,4-6,11-13H2,1-3H3. The number of benzene rings is 1. The Balaban J connectivity index is 3.01. The minimum atomic E-state index is -1.74. The Labute approximate surface area is 121 Å². The molecule has 0 bridgehead atoms. The summed E-state index contributed by atoms with van der Waals surface area (Å²) >= 11 is 3.52. The molecule has 1 rings (SSSR count). The second kappa shape index (κ2) is 8.13. The van der Waals surface area contributed by atoms with Gasteiger partial charge in [0.2, 0.25) is 8.32 Å². The maximum absolute atomic E-state index is 6.41. The number of rotatable bonds is 8. The van der Waals surface area contributed by atoms with Gasteiger partial charge in [0.05, 0.1) is 0 Å². The second-order valence-corrected chi connectivity index (χ2v) is 9.62. The Hall–Kier alpha value is -0.123. The van der Waals surface area contributed by atoms with Gasteiger partial charge in [-0.2, -0.15) is 0 Å². The molecule has 102 valence electrons. The summed E-state index contributed by atoms with van der Waals surface area (Å²) in [6.45, 7) is 7.64. The minimum absolute atomic E-state index is 0.905. The maximum Gasteiger partial charge on any atom is 0.224 e. The van der Waals surface area contributed by atoms with Crippen LogP contribution in [0.3, 0.4) is 0 Å². The van der Waals surface area contributed by atoms with Crippen molar-refractivity contribution in [2.45, 2.75) is 52.1 Å². The summed E-state index contributed by atoms with van der Waals surface area (Å²) in [7, 11) is -1.74. The Morgan fingerprint density at radius 1 is 0.944 bits per heavy atom. The van der Waals surface area contributed by atoms with Crippen molar-refractivity contribution in [2.24, 2.45) is 0 Å². The van der Waals surface area contributed by atoms with Gasteiger partial charge >= 0.3 is 0 Å². The first-order chi connectivity index (χ1) is 8.68. The molecule has 1 nitrogen and oxygen atoms in total. The topological polar surface area (TPSA) is 9.23 Å². The van der Waals surface area contributed by atoms with Crippen LogP contribution in [0.2, 0.25) is 12.1 Å². The van der Waals surface area contributed by atoms with Gasteiger partial charge in [0.15, 0.2) is 0 Å². The molecule has 0 radical (unpaired) electrons. The van der Waals surface area contributed by atoms with Crippen molar-refractivity contribution >= 4 is 29.4 Å². The molecule has 0 aliphatic heterocycles. The van der Waals surface area contributed by atoms with Crippen molar-refractivity contribution in [3.63, 3.8) is 0 Å². The van der Waals surface area contributed by atoms with Crippen molar-refractivity contribution in [1.82, 2.24) is 0 Å². The molecule has 0 unspecified atom stereocenters. The first kappa shape index (κ1) is 15.9. The van der Waals surface area contributed by atoms with E-state index in [0.29, 0.717) is 0 Å². The zero-order chi connectivity index (χ0) is 13.4. The molecular formula is C15H25BrOSi. The lowest BCUT2D eigenvalue weighted by Gasteiger charge is -2.31. The highest BCUT2D eigenvalue weighted by Gasteiger charge is 2.35. The molecule has 3 heteroatoms. The first-order valence-corrected chi connectivity index (χ1v) is 10.2. The van der Waals surface area contributed by atoms with E-state index in [4.69, 9.17) is 4.43 Å². The molecule has 0 amide bonds. The van der Waals surface area contributed by atoms with E-state index in [1.54, 1.807) is 0 Å². The lowest BCUT2D eigenvalue weighted by atomic mass is 10.4. The maximum atomic E-state index is 6.41. The first-order valence-electron chi connectivity index (χ1n) is 7.08. The molecule has 1 aromatic carbocycles. The molecule has 0 atom stereocenters. The summed E-state index contributed by atoms with van der Waals surface area (Å²) in [5.41, 5.74) is 0. The van der Waals surface area contributed by atoms with Crippen molar-refractivity contribution < 1.29 is 4.43 Å². The highest BCUT2D eigenvalue weighted by atomic mass is 79.9. The summed E-state index contributed by atoms with van der Waals surface area (Å²) < 4.78 is 7.56. The molecule has 0 saturated carbocycles. The van der Waals surface area contributed by atoms with Crippen LogP contribution in [0.25, 0.3) is 0 Å². The summed E-state index contributed by atoms with van der Waals surface area (Å²) in [6, 6.07) is 11.3. The quantitative estimate of drug-likeness (QED) is 0.620. The Morgan fingerprint density at radius 3 is 1.94 bits per heavy atom. The van der Waals surface area contributed by atoms with E-state index in [2.05, 4.69) is 61.0 Å². The van der Waals surface area contributed by atoms with Crippen molar-refractivity contribution in [3.8, 4) is 0 Å². The van der Waals surface area contributed by atoms with Gasteiger partial charge < -0.3 is 4.43 Å². The monoisotopic (exact) mass is 328 g/mol. The van der Waals surface area contributed by atoms with Crippen molar-refractivity contribution in [2.75, 3.05) is 6.61 Å². The summed E-state index contributed by atoms with van der Waals surface area (Å²) in [5.74, 6) is 0. The van der Waals surface area contributed by atoms with Gasteiger partial charge in [-0.15, -0.1) is 0 Å². The summed E-state index contributed by atoms with van der Waals surface area (Å²) in [6.07, 6.45) is 3.54. The van der Waals surface area contributed by atoms with Crippen LogP contribution in [0.15, 0.2) is 28.7 Å². The molecule has 1 aromatic rings. The van der Waals surface area contributed by atoms with Crippen LogP contribution in [0, 0.1) is 0 Å². The molecule has 0 aliphatic rings. The lowest BCUT2D eigenvalue weighted by Crippen LogP contribution is -2.50. The molecule has 18 heavy (non-hydrogen) atoms. The molecule has 0 N–H and O–H groups in total. The van der Waals surface area contributed by atoms with E-state index >= 15 is 0 Å². The van der Waals surface area contributed by atoms with Crippen LogP contribution < -0.4 is 5.19 Å².